The monoisotopic (exact) mass is 344 g/mol. The summed E-state index contributed by atoms with van der Waals surface area (Å²) in [5, 5.41) is 3.43. The van der Waals surface area contributed by atoms with E-state index in [2.05, 4.69) is 5.32 Å². The molecule has 134 valence electrons. The summed E-state index contributed by atoms with van der Waals surface area (Å²) >= 11 is 0. The number of nitrogens with two attached hydrogens (primary N) is 1. The molecule has 4 nitrogen and oxygen atoms in total. The van der Waals surface area contributed by atoms with Crippen LogP contribution in [0, 0.1) is 11.7 Å². The van der Waals surface area contributed by atoms with Gasteiger partial charge in [-0.3, -0.25) is 0 Å². The Hall–Kier alpha value is -2.11. The lowest BCUT2D eigenvalue weighted by Crippen LogP contribution is -2.38. The van der Waals surface area contributed by atoms with Gasteiger partial charge in [0.2, 0.25) is 0 Å². The number of halogens is 1. The molecule has 2 aromatic carbocycles. The van der Waals surface area contributed by atoms with Crippen molar-refractivity contribution in [1.82, 2.24) is 5.32 Å². The van der Waals surface area contributed by atoms with Gasteiger partial charge in [-0.2, -0.15) is 0 Å². The molecule has 0 unspecified atom stereocenters. The molecule has 1 heterocycles. The maximum atomic E-state index is 13.2. The van der Waals surface area contributed by atoms with Crippen molar-refractivity contribution >= 4 is 0 Å². The van der Waals surface area contributed by atoms with Crippen LogP contribution in [-0.4, -0.2) is 32.8 Å². The predicted octanol–water partition coefficient (Wildman–Crippen LogP) is 2.94. The highest BCUT2D eigenvalue weighted by Crippen LogP contribution is 2.31. The molecule has 2 aromatic rings. The Morgan fingerprint density at radius 1 is 1.00 bits per heavy atom. The number of rotatable bonds is 7. The highest BCUT2D eigenvalue weighted by atomic mass is 19.1. The van der Waals surface area contributed by atoms with E-state index in [9.17, 15) is 4.39 Å². The molecule has 2 atom stereocenters. The van der Waals surface area contributed by atoms with E-state index in [1.165, 1.54) is 17.7 Å². The molecule has 1 saturated heterocycles. The Bertz CT molecular complexity index is 646. The molecule has 0 saturated carbocycles. The molecule has 1 aliphatic rings. The molecule has 1 aliphatic heterocycles. The molecule has 1 fully saturated rings. The Labute approximate surface area is 148 Å². The summed E-state index contributed by atoms with van der Waals surface area (Å²) in [4.78, 5) is 0. The van der Waals surface area contributed by atoms with E-state index in [4.69, 9.17) is 15.2 Å². The molecular formula is C20H25FN2O2. The number of hydrogen-bond donors (Lipinski definition) is 2. The number of benzene rings is 2. The zero-order valence-corrected chi connectivity index (χ0v) is 14.3. The summed E-state index contributed by atoms with van der Waals surface area (Å²) in [7, 11) is 0. The first-order valence-corrected chi connectivity index (χ1v) is 8.78. The average molecular weight is 344 g/mol. The van der Waals surface area contributed by atoms with Gasteiger partial charge in [0, 0.05) is 19.0 Å². The summed E-state index contributed by atoms with van der Waals surface area (Å²) in [5.41, 5.74) is 6.61. The minimum absolute atomic E-state index is 0.192. The number of ether oxygens (including phenoxy) is 2. The van der Waals surface area contributed by atoms with Gasteiger partial charge in [-0.25, -0.2) is 4.39 Å². The largest absolute Gasteiger partial charge is 0.493 e. The highest BCUT2D eigenvalue weighted by Gasteiger charge is 2.27. The fourth-order valence-electron chi connectivity index (χ4n) is 3.26. The van der Waals surface area contributed by atoms with Gasteiger partial charge >= 0.3 is 0 Å². The molecular weight excluding hydrogens is 319 g/mol. The predicted molar refractivity (Wildman–Crippen MR) is 96.6 cm³/mol. The van der Waals surface area contributed by atoms with E-state index in [0.717, 1.165) is 31.0 Å². The fraction of sp³-hybridized carbons (Fsp3) is 0.400. The van der Waals surface area contributed by atoms with Crippen LogP contribution in [0.5, 0.6) is 11.5 Å². The van der Waals surface area contributed by atoms with Gasteiger partial charge in [0.25, 0.3) is 0 Å². The fourth-order valence-corrected chi connectivity index (χ4v) is 3.26. The molecule has 3 N–H and O–H groups in total. The van der Waals surface area contributed by atoms with Crippen molar-refractivity contribution in [3.8, 4) is 11.5 Å². The van der Waals surface area contributed by atoms with Gasteiger partial charge in [0.05, 0.1) is 6.61 Å². The number of nitrogens with one attached hydrogen (secondary N) is 1. The van der Waals surface area contributed by atoms with Gasteiger partial charge in [-0.05, 0) is 60.8 Å². The van der Waals surface area contributed by atoms with Crippen LogP contribution < -0.4 is 20.5 Å². The topological polar surface area (TPSA) is 56.5 Å². The molecule has 0 aliphatic carbocycles. The Balaban J connectivity index is 1.59. The lowest BCUT2D eigenvalue weighted by molar-refractivity contribution is 0.196. The smallest absolute Gasteiger partial charge is 0.123 e. The van der Waals surface area contributed by atoms with Crippen LogP contribution in [-0.2, 0) is 0 Å². The van der Waals surface area contributed by atoms with E-state index in [-0.39, 0.29) is 5.82 Å². The zero-order chi connectivity index (χ0) is 17.5. The van der Waals surface area contributed by atoms with Crippen molar-refractivity contribution in [3.05, 3.63) is 59.9 Å². The Kier molecular flexibility index (Phi) is 6.25. The molecule has 0 aromatic heterocycles. The second kappa shape index (κ2) is 8.83. The molecule has 0 spiro atoms. The molecule has 3 rings (SSSR count). The van der Waals surface area contributed by atoms with Gasteiger partial charge in [-0.15, -0.1) is 0 Å². The third-order valence-electron chi connectivity index (χ3n) is 4.58. The minimum Gasteiger partial charge on any atom is -0.493 e. The van der Waals surface area contributed by atoms with Gasteiger partial charge in [0.1, 0.15) is 23.9 Å². The van der Waals surface area contributed by atoms with E-state index >= 15 is 0 Å². The SMILES string of the molecule is NCCOc1ccc(OC[C@@H]2CNCC[C@H]2c2ccc(F)cc2)cc1. The first-order chi connectivity index (χ1) is 12.3. The quantitative estimate of drug-likeness (QED) is 0.811. The first-order valence-electron chi connectivity index (χ1n) is 8.78. The average Bonchev–Trinajstić information content (AvgIpc) is 2.66. The number of hydrogen-bond acceptors (Lipinski definition) is 4. The minimum atomic E-state index is -0.192. The molecule has 0 amide bonds. The third-order valence-corrected chi connectivity index (χ3v) is 4.58. The normalized spacial score (nSPS) is 20.2. The van der Waals surface area contributed by atoms with Crippen molar-refractivity contribution in [3.63, 3.8) is 0 Å². The molecule has 5 heteroatoms. The van der Waals surface area contributed by atoms with Crippen molar-refractivity contribution in [2.24, 2.45) is 11.7 Å². The standard InChI is InChI=1S/C20H25FN2O2/c21-17-3-1-15(2-4-17)20-9-11-23-13-16(20)14-25-19-7-5-18(6-8-19)24-12-10-22/h1-8,16,20,23H,9-14,22H2/t16-,20-/m0/s1. The van der Waals surface area contributed by atoms with Crippen LogP contribution >= 0.6 is 0 Å². The third kappa shape index (κ3) is 4.94. The van der Waals surface area contributed by atoms with Crippen LogP contribution in [0.2, 0.25) is 0 Å². The van der Waals surface area contributed by atoms with Crippen LogP contribution in [0.1, 0.15) is 17.9 Å². The van der Waals surface area contributed by atoms with E-state index < -0.39 is 0 Å². The van der Waals surface area contributed by atoms with Crippen LogP contribution in [0.25, 0.3) is 0 Å². The summed E-state index contributed by atoms with van der Waals surface area (Å²) in [6, 6.07) is 14.5. The summed E-state index contributed by atoms with van der Waals surface area (Å²) < 4.78 is 24.6. The van der Waals surface area contributed by atoms with Gasteiger partial charge < -0.3 is 20.5 Å². The molecule has 0 radical (unpaired) electrons. The highest BCUT2D eigenvalue weighted by molar-refractivity contribution is 5.31. The Morgan fingerprint density at radius 3 is 2.36 bits per heavy atom. The molecule has 25 heavy (non-hydrogen) atoms. The van der Waals surface area contributed by atoms with E-state index in [1.54, 1.807) is 0 Å². The van der Waals surface area contributed by atoms with Crippen molar-refractivity contribution in [2.75, 3.05) is 32.8 Å². The van der Waals surface area contributed by atoms with Crippen molar-refractivity contribution in [2.45, 2.75) is 12.3 Å². The second-order valence-corrected chi connectivity index (χ2v) is 6.33. The lowest BCUT2D eigenvalue weighted by Gasteiger charge is -2.32. The summed E-state index contributed by atoms with van der Waals surface area (Å²) in [6.45, 7) is 3.51. The van der Waals surface area contributed by atoms with Crippen LogP contribution in [0.4, 0.5) is 4.39 Å². The summed E-state index contributed by atoms with van der Waals surface area (Å²) in [6.07, 6.45) is 1.03. The van der Waals surface area contributed by atoms with E-state index in [0.29, 0.717) is 31.6 Å². The Morgan fingerprint density at radius 2 is 1.68 bits per heavy atom. The second-order valence-electron chi connectivity index (χ2n) is 6.33. The first kappa shape index (κ1) is 17.7. The maximum absolute atomic E-state index is 13.2. The van der Waals surface area contributed by atoms with Crippen LogP contribution in [0.15, 0.2) is 48.5 Å². The molecule has 0 bridgehead atoms. The van der Waals surface area contributed by atoms with Gasteiger partial charge in [-0.1, -0.05) is 12.1 Å². The van der Waals surface area contributed by atoms with Crippen molar-refractivity contribution in [1.29, 1.82) is 0 Å². The van der Waals surface area contributed by atoms with Gasteiger partial charge in [0.15, 0.2) is 0 Å². The summed E-state index contributed by atoms with van der Waals surface area (Å²) in [5.74, 6) is 2.16. The van der Waals surface area contributed by atoms with Crippen molar-refractivity contribution < 1.29 is 13.9 Å². The number of piperidine rings is 1. The van der Waals surface area contributed by atoms with Crippen LogP contribution in [0.3, 0.4) is 0 Å². The zero-order valence-electron chi connectivity index (χ0n) is 14.3. The van der Waals surface area contributed by atoms with E-state index in [1.807, 2.05) is 36.4 Å². The maximum Gasteiger partial charge on any atom is 0.123 e. The lowest BCUT2D eigenvalue weighted by atomic mass is 9.81.